The fraction of sp³-hybridized carbons (Fsp3) is 0.143. The second kappa shape index (κ2) is 4.48. The summed E-state index contributed by atoms with van der Waals surface area (Å²) < 4.78 is 1.17. The van der Waals surface area contributed by atoms with E-state index in [9.17, 15) is 0 Å². The van der Waals surface area contributed by atoms with Crippen LogP contribution in [0.15, 0.2) is 36.4 Å². The SMILES string of the molecule is CNCc1ccc2nc3ccc(=N)cc-3sc2c1. The number of rotatable bonds is 2. The molecule has 0 fully saturated rings. The Labute approximate surface area is 109 Å². The van der Waals surface area contributed by atoms with Gasteiger partial charge in [-0.15, -0.1) is 11.3 Å². The topological polar surface area (TPSA) is 48.8 Å². The molecule has 0 saturated carbocycles. The zero-order valence-electron chi connectivity index (χ0n) is 10.0. The Morgan fingerprint density at radius 3 is 2.94 bits per heavy atom. The highest BCUT2D eigenvalue weighted by atomic mass is 32.1. The van der Waals surface area contributed by atoms with Crippen molar-refractivity contribution in [1.82, 2.24) is 10.3 Å². The van der Waals surface area contributed by atoms with Gasteiger partial charge in [-0.1, -0.05) is 6.07 Å². The average Bonchev–Trinajstić information content (AvgIpc) is 2.36. The molecule has 1 aromatic rings. The maximum Gasteiger partial charge on any atom is 0.0811 e. The second-order valence-corrected chi connectivity index (χ2v) is 5.31. The van der Waals surface area contributed by atoms with Crippen LogP contribution < -0.4 is 10.7 Å². The molecular formula is C14H13N3S. The van der Waals surface area contributed by atoms with E-state index in [4.69, 9.17) is 5.41 Å². The van der Waals surface area contributed by atoms with Crippen molar-refractivity contribution in [2.24, 2.45) is 0 Å². The summed E-state index contributed by atoms with van der Waals surface area (Å²) in [6.07, 6.45) is 0. The molecule has 0 radical (unpaired) electrons. The van der Waals surface area contributed by atoms with Crippen LogP contribution in [0.5, 0.6) is 0 Å². The van der Waals surface area contributed by atoms with E-state index in [0.717, 1.165) is 22.6 Å². The van der Waals surface area contributed by atoms with Gasteiger partial charge in [-0.2, -0.15) is 0 Å². The molecule has 0 aromatic heterocycles. The van der Waals surface area contributed by atoms with Gasteiger partial charge in [-0.05, 0) is 42.9 Å². The van der Waals surface area contributed by atoms with E-state index in [1.54, 1.807) is 17.4 Å². The van der Waals surface area contributed by atoms with Crippen molar-refractivity contribution < 1.29 is 0 Å². The Balaban J connectivity index is 2.26. The molecule has 0 spiro atoms. The average molecular weight is 255 g/mol. The predicted octanol–water partition coefficient (Wildman–Crippen LogP) is 2.60. The van der Waals surface area contributed by atoms with Gasteiger partial charge in [0.25, 0.3) is 0 Å². The zero-order valence-corrected chi connectivity index (χ0v) is 10.8. The molecule has 0 unspecified atom stereocenters. The van der Waals surface area contributed by atoms with Crippen molar-refractivity contribution in [1.29, 1.82) is 5.41 Å². The monoisotopic (exact) mass is 255 g/mol. The highest BCUT2D eigenvalue weighted by Crippen LogP contribution is 2.29. The minimum absolute atomic E-state index is 0.534. The van der Waals surface area contributed by atoms with Crippen LogP contribution >= 0.6 is 11.3 Å². The third-order valence-corrected chi connectivity index (χ3v) is 3.92. The molecule has 0 saturated heterocycles. The molecule has 1 heterocycles. The third-order valence-electron chi connectivity index (χ3n) is 2.83. The molecule has 3 rings (SSSR count). The number of aromatic nitrogens is 1. The highest BCUT2D eigenvalue weighted by molar-refractivity contribution is 7.21. The van der Waals surface area contributed by atoms with Gasteiger partial charge in [0, 0.05) is 6.54 Å². The Kier molecular flexibility index (Phi) is 2.81. The first-order valence-electron chi connectivity index (χ1n) is 5.79. The number of nitrogens with zero attached hydrogens (tertiary/aromatic N) is 1. The van der Waals surface area contributed by atoms with Crippen molar-refractivity contribution in [2.45, 2.75) is 6.54 Å². The largest absolute Gasteiger partial charge is 0.316 e. The zero-order chi connectivity index (χ0) is 12.5. The van der Waals surface area contributed by atoms with Crippen molar-refractivity contribution in [3.8, 4) is 10.6 Å². The van der Waals surface area contributed by atoms with Gasteiger partial charge >= 0.3 is 0 Å². The summed E-state index contributed by atoms with van der Waals surface area (Å²) in [5, 5.41) is 11.3. The van der Waals surface area contributed by atoms with E-state index in [2.05, 4.69) is 28.5 Å². The van der Waals surface area contributed by atoms with Gasteiger partial charge in [-0.3, -0.25) is 0 Å². The van der Waals surface area contributed by atoms with Crippen LogP contribution in [-0.2, 0) is 6.54 Å². The maximum atomic E-state index is 7.66. The van der Waals surface area contributed by atoms with Crippen LogP contribution in [0.25, 0.3) is 20.8 Å². The first-order valence-corrected chi connectivity index (χ1v) is 6.61. The Hall–Kier alpha value is -1.78. The fourth-order valence-electron chi connectivity index (χ4n) is 1.98. The van der Waals surface area contributed by atoms with E-state index in [1.165, 1.54) is 10.3 Å². The minimum Gasteiger partial charge on any atom is -0.316 e. The van der Waals surface area contributed by atoms with E-state index in [1.807, 2.05) is 19.2 Å². The molecule has 3 nitrogen and oxygen atoms in total. The minimum atomic E-state index is 0.534. The Morgan fingerprint density at radius 2 is 2.11 bits per heavy atom. The molecule has 0 bridgehead atoms. The molecule has 90 valence electrons. The van der Waals surface area contributed by atoms with Gasteiger partial charge in [-0.25, -0.2) is 4.98 Å². The summed E-state index contributed by atoms with van der Waals surface area (Å²) in [7, 11) is 1.94. The van der Waals surface area contributed by atoms with Gasteiger partial charge in [0.15, 0.2) is 0 Å². The lowest BCUT2D eigenvalue weighted by Gasteiger charge is -2.07. The summed E-state index contributed by atoms with van der Waals surface area (Å²) >= 11 is 1.70. The van der Waals surface area contributed by atoms with Gasteiger partial charge < -0.3 is 10.7 Å². The molecule has 2 N–H and O–H groups in total. The predicted molar refractivity (Wildman–Crippen MR) is 74.9 cm³/mol. The first kappa shape index (κ1) is 11.3. The van der Waals surface area contributed by atoms with Crippen LogP contribution in [0.4, 0.5) is 0 Å². The molecule has 1 aliphatic carbocycles. The molecule has 0 atom stereocenters. The molecule has 0 amide bonds. The summed E-state index contributed by atoms with van der Waals surface area (Å²) in [4.78, 5) is 5.69. The van der Waals surface area contributed by atoms with Gasteiger partial charge in [0.2, 0.25) is 0 Å². The van der Waals surface area contributed by atoms with Crippen molar-refractivity contribution in [3.05, 3.63) is 47.3 Å². The van der Waals surface area contributed by atoms with Gasteiger partial charge in [0.1, 0.15) is 0 Å². The lowest BCUT2D eigenvalue weighted by atomic mass is 10.2. The number of hydrogen-bond donors (Lipinski definition) is 2. The number of nitrogens with one attached hydrogen (secondary N) is 2. The molecule has 4 heteroatoms. The van der Waals surface area contributed by atoms with Gasteiger partial charge in [0.05, 0.1) is 26.1 Å². The molecular weight excluding hydrogens is 242 g/mol. The van der Waals surface area contributed by atoms with E-state index < -0.39 is 0 Å². The summed E-state index contributed by atoms with van der Waals surface area (Å²) in [5.41, 5.74) is 3.24. The lowest BCUT2D eigenvalue weighted by molar-refractivity contribution is 0.819. The molecule has 18 heavy (non-hydrogen) atoms. The van der Waals surface area contributed by atoms with E-state index in [0.29, 0.717) is 5.36 Å². The second-order valence-electron chi connectivity index (χ2n) is 4.23. The first-order chi connectivity index (χ1) is 8.76. The van der Waals surface area contributed by atoms with E-state index in [-0.39, 0.29) is 0 Å². The standard InChI is InChI=1S/C14H13N3S/c1-16-8-9-2-4-11-13(6-9)18-14-7-10(15)3-5-12(14)17-11/h2-7,15-16H,8H2,1H3. The van der Waals surface area contributed by atoms with Crippen LogP contribution in [0.2, 0.25) is 0 Å². The highest BCUT2D eigenvalue weighted by Gasteiger charge is 2.06. The van der Waals surface area contributed by atoms with Crippen LogP contribution in [0.1, 0.15) is 5.56 Å². The summed E-state index contributed by atoms with van der Waals surface area (Å²) in [5.74, 6) is 0. The maximum absolute atomic E-state index is 7.66. The number of benzene rings is 2. The molecule has 1 aliphatic heterocycles. The quantitative estimate of drug-likeness (QED) is 0.691. The normalized spacial score (nSPS) is 11.2. The van der Waals surface area contributed by atoms with Crippen LogP contribution in [0, 0.1) is 5.41 Å². The summed E-state index contributed by atoms with van der Waals surface area (Å²) in [6, 6.07) is 11.9. The smallest absolute Gasteiger partial charge is 0.0811 e. The van der Waals surface area contributed by atoms with Crippen molar-refractivity contribution in [3.63, 3.8) is 0 Å². The number of fused-ring (bicyclic) bond motifs is 2. The molecule has 1 aromatic carbocycles. The van der Waals surface area contributed by atoms with Crippen LogP contribution in [0.3, 0.4) is 0 Å². The lowest BCUT2D eigenvalue weighted by Crippen LogP contribution is -2.04. The number of hydrogen-bond acceptors (Lipinski definition) is 4. The van der Waals surface area contributed by atoms with Crippen LogP contribution in [-0.4, -0.2) is 12.0 Å². The Bertz CT molecular complexity index is 733. The third kappa shape index (κ3) is 2.00. The van der Waals surface area contributed by atoms with Crippen molar-refractivity contribution in [2.75, 3.05) is 7.05 Å². The fourth-order valence-corrected chi connectivity index (χ4v) is 3.05. The summed E-state index contributed by atoms with van der Waals surface area (Å²) in [6.45, 7) is 0.860. The Morgan fingerprint density at radius 1 is 1.22 bits per heavy atom. The van der Waals surface area contributed by atoms with Crippen molar-refractivity contribution >= 4 is 21.6 Å². The van der Waals surface area contributed by atoms with E-state index >= 15 is 0 Å². The molecule has 2 aliphatic rings.